The minimum Gasteiger partial charge on any atom is -0.395 e. The number of hydrogen-bond donors (Lipinski definition) is 6. The number of carbonyl (C=O) groups is 4. The van der Waals surface area contributed by atoms with Gasteiger partial charge in [0.2, 0.25) is 17.7 Å². The van der Waals surface area contributed by atoms with Gasteiger partial charge in [-0.25, -0.2) is 0 Å². The van der Waals surface area contributed by atoms with Crippen molar-refractivity contribution in [2.24, 2.45) is 5.92 Å². The molecule has 3 aromatic carbocycles. The smallest absolute Gasteiger partial charge is 0.264 e. The molecule has 0 spiro atoms. The van der Waals surface area contributed by atoms with E-state index >= 15 is 0 Å². The molecule has 12 heteroatoms. The Bertz CT molecular complexity index is 1770. The highest BCUT2D eigenvalue weighted by atomic mass is 16.3. The maximum atomic E-state index is 14.3. The van der Waals surface area contributed by atoms with Gasteiger partial charge in [-0.3, -0.25) is 19.2 Å². The minimum absolute atomic E-state index is 0.0161. The third kappa shape index (κ3) is 8.26. The fourth-order valence-corrected chi connectivity index (χ4v) is 7.19. The molecule has 3 aliphatic rings. The predicted octanol–water partition coefficient (Wildman–Crippen LogP) is 3.41. The summed E-state index contributed by atoms with van der Waals surface area (Å²) in [6.45, 7) is 3.84. The van der Waals surface area contributed by atoms with E-state index in [1.54, 1.807) is 54.3 Å². The number of carbonyl (C=O) groups excluding carboxylic acids is 4. The van der Waals surface area contributed by atoms with Crippen LogP contribution in [0.25, 0.3) is 0 Å². The minimum atomic E-state index is -1.99. The van der Waals surface area contributed by atoms with Gasteiger partial charge in [0.05, 0.1) is 30.9 Å². The first-order valence-corrected chi connectivity index (χ1v) is 18.1. The van der Waals surface area contributed by atoms with Crippen LogP contribution in [0.3, 0.4) is 0 Å². The molecule has 0 radical (unpaired) electrons. The number of nitrogens with zero attached hydrogens (tertiary/aromatic N) is 2. The molecule has 0 aliphatic carbocycles. The number of fused-ring (bicyclic) bond motifs is 1. The number of hydrogen-bond acceptors (Lipinski definition) is 8. The highest BCUT2D eigenvalue weighted by Gasteiger charge is 2.52. The third-order valence-corrected chi connectivity index (χ3v) is 10.2. The molecule has 0 unspecified atom stereocenters. The van der Waals surface area contributed by atoms with Crippen LogP contribution in [0.15, 0.2) is 84.9 Å². The first-order chi connectivity index (χ1) is 25.2. The summed E-state index contributed by atoms with van der Waals surface area (Å²) in [6.07, 6.45) is 6.75. The monoisotopic (exact) mass is 708 g/mol. The fourth-order valence-electron chi connectivity index (χ4n) is 7.19. The van der Waals surface area contributed by atoms with Crippen molar-refractivity contribution in [3.63, 3.8) is 0 Å². The van der Waals surface area contributed by atoms with E-state index in [-0.39, 0.29) is 55.9 Å². The van der Waals surface area contributed by atoms with Crippen molar-refractivity contribution < 1.29 is 29.4 Å². The third-order valence-electron chi connectivity index (χ3n) is 10.2. The largest absolute Gasteiger partial charge is 0.395 e. The number of aliphatic hydroxyl groups is 2. The van der Waals surface area contributed by atoms with Crippen LogP contribution in [0.5, 0.6) is 0 Å². The van der Waals surface area contributed by atoms with Gasteiger partial charge in [-0.1, -0.05) is 61.5 Å². The Morgan fingerprint density at radius 1 is 0.923 bits per heavy atom. The molecule has 3 aliphatic heterocycles. The molecule has 4 atom stereocenters. The average Bonchev–Trinajstić information content (AvgIpc) is 3.93. The molecule has 2 saturated heterocycles. The van der Waals surface area contributed by atoms with E-state index in [0.717, 1.165) is 49.9 Å². The molecule has 0 aromatic heterocycles. The highest BCUT2D eigenvalue weighted by Crippen LogP contribution is 2.47. The number of anilines is 3. The highest BCUT2D eigenvalue weighted by molar-refractivity contribution is 6.08. The summed E-state index contributed by atoms with van der Waals surface area (Å²) in [5, 5.41) is 34.2. The van der Waals surface area contributed by atoms with Gasteiger partial charge in [0.1, 0.15) is 0 Å². The molecule has 2 fully saturated rings. The standard InChI is InChI=1S/C40H48N6O6/c1-27(8-5-13-36(48)45(22-23-47)25-28-9-3-2-4-10-28)40(52)32-24-31(44-38(50)34-12-7-21-42-34)18-19-35(32)46(39(40)51)26-29-14-16-30(17-15-29)43-37(49)33-11-6-20-41-33/h2-5,8-10,14-19,24,27,33-34,41-42,47,52H,6-7,11-13,20-23,25-26H2,1H3,(H,43,49)(H,44,50)/b8-5+/t27-,33-,34-,40+/m1/s1. The Labute approximate surface area is 304 Å². The molecule has 0 bridgehead atoms. The maximum Gasteiger partial charge on any atom is 0.264 e. The van der Waals surface area contributed by atoms with Gasteiger partial charge in [-0.05, 0) is 80.2 Å². The lowest BCUT2D eigenvalue weighted by Gasteiger charge is -2.28. The Morgan fingerprint density at radius 3 is 2.17 bits per heavy atom. The van der Waals surface area contributed by atoms with E-state index in [9.17, 15) is 29.4 Å². The molecular weight excluding hydrogens is 660 g/mol. The van der Waals surface area contributed by atoms with E-state index in [4.69, 9.17) is 0 Å². The van der Waals surface area contributed by atoms with Gasteiger partial charge >= 0.3 is 0 Å². The van der Waals surface area contributed by atoms with Gasteiger partial charge in [-0.2, -0.15) is 0 Å². The van der Waals surface area contributed by atoms with E-state index in [2.05, 4.69) is 21.3 Å². The topological polar surface area (TPSA) is 163 Å². The molecule has 52 heavy (non-hydrogen) atoms. The average molecular weight is 709 g/mol. The summed E-state index contributed by atoms with van der Waals surface area (Å²) < 4.78 is 0. The van der Waals surface area contributed by atoms with Crippen LogP contribution in [0, 0.1) is 5.92 Å². The number of nitrogens with one attached hydrogen (secondary N) is 4. The summed E-state index contributed by atoms with van der Waals surface area (Å²) in [6, 6.07) is 21.4. The number of rotatable bonds is 14. The lowest BCUT2D eigenvalue weighted by atomic mass is 9.82. The lowest BCUT2D eigenvalue weighted by molar-refractivity contribution is -0.139. The van der Waals surface area contributed by atoms with Crippen LogP contribution >= 0.6 is 0 Å². The zero-order valence-corrected chi connectivity index (χ0v) is 29.5. The van der Waals surface area contributed by atoms with E-state index in [1.807, 2.05) is 42.5 Å². The van der Waals surface area contributed by atoms with Crippen LogP contribution in [0.2, 0.25) is 0 Å². The van der Waals surface area contributed by atoms with Crippen LogP contribution < -0.4 is 26.2 Å². The summed E-state index contributed by atoms with van der Waals surface area (Å²) in [7, 11) is 0. The van der Waals surface area contributed by atoms with Crippen molar-refractivity contribution in [2.75, 3.05) is 41.8 Å². The van der Waals surface area contributed by atoms with Gasteiger partial charge in [0.25, 0.3) is 5.91 Å². The quantitative estimate of drug-likeness (QED) is 0.139. The summed E-state index contributed by atoms with van der Waals surface area (Å²) in [4.78, 5) is 56.2. The molecular formula is C40H48N6O6. The Hall–Kier alpha value is -4.88. The molecule has 3 heterocycles. The Kier molecular flexibility index (Phi) is 11.8. The molecule has 6 N–H and O–H groups in total. The van der Waals surface area contributed by atoms with Gasteiger partial charge in [0.15, 0.2) is 5.60 Å². The van der Waals surface area contributed by atoms with Crippen molar-refractivity contribution in [3.05, 3.63) is 102 Å². The first-order valence-electron chi connectivity index (χ1n) is 18.1. The molecule has 0 saturated carbocycles. The van der Waals surface area contributed by atoms with Crippen molar-refractivity contribution in [1.82, 2.24) is 15.5 Å². The van der Waals surface area contributed by atoms with Crippen molar-refractivity contribution in [2.45, 2.75) is 69.8 Å². The van der Waals surface area contributed by atoms with Crippen molar-refractivity contribution >= 4 is 40.7 Å². The zero-order chi connectivity index (χ0) is 36.7. The van der Waals surface area contributed by atoms with Crippen molar-refractivity contribution in [1.29, 1.82) is 0 Å². The first kappa shape index (κ1) is 36.9. The number of aliphatic hydroxyl groups excluding tert-OH is 1. The maximum absolute atomic E-state index is 14.3. The fraction of sp³-hybridized carbons (Fsp3) is 0.400. The molecule has 4 amide bonds. The molecule has 3 aromatic rings. The zero-order valence-electron chi connectivity index (χ0n) is 29.5. The van der Waals surface area contributed by atoms with Crippen LogP contribution in [0.1, 0.15) is 55.7 Å². The van der Waals surface area contributed by atoms with E-state index in [1.165, 1.54) is 4.90 Å². The normalized spacial score (nSPS) is 21.7. The Balaban J connectivity index is 1.21. The predicted molar refractivity (Wildman–Crippen MR) is 199 cm³/mol. The van der Waals surface area contributed by atoms with Crippen LogP contribution in [0.4, 0.5) is 17.1 Å². The summed E-state index contributed by atoms with van der Waals surface area (Å²) in [5.41, 5.74) is 1.74. The van der Waals surface area contributed by atoms with Gasteiger partial charge in [-0.15, -0.1) is 0 Å². The number of amides is 4. The summed E-state index contributed by atoms with van der Waals surface area (Å²) >= 11 is 0. The SMILES string of the molecule is C[C@H](/C=C/CC(=O)N(CCO)Cc1ccccc1)[C@@]1(O)C(=O)N(Cc2ccc(NC(=O)[C@H]3CCCN3)cc2)c2ccc(NC(=O)[C@H]3CCCN3)cc21. The van der Waals surface area contributed by atoms with Gasteiger partial charge < -0.3 is 41.3 Å². The molecule has 274 valence electrons. The second-order valence-electron chi connectivity index (χ2n) is 13.8. The Morgan fingerprint density at radius 2 is 1.56 bits per heavy atom. The van der Waals surface area contributed by atoms with Crippen LogP contribution in [-0.4, -0.2) is 77.1 Å². The van der Waals surface area contributed by atoms with Crippen molar-refractivity contribution in [3.8, 4) is 0 Å². The molecule has 12 nitrogen and oxygen atoms in total. The van der Waals surface area contributed by atoms with E-state index in [0.29, 0.717) is 29.2 Å². The van der Waals surface area contributed by atoms with Crippen LogP contribution in [-0.2, 0) is 37.9 Å². The second kappa shape index (κ2) is 16.6. The second-order valence-corrected chi connectivity index (χ2v) is 13.8. The summed E-state index contributed by atoms with van der Waals surface area (Å²) in [5.74, 6) is -1.72. The molecule has 6 rings (SSSR count). The lowest BCUT2D eigenvalue weighted by Crippen LogP contribution is -2.44. The number of benzene rings is 3. The van der Waals surface area contributed by atoms with E-state index < -0.39 is 17.4 Å². The van der Waals surface area contributed by atoms with Gasteiger partial charge in [0, 0.05) is 42.4 Å².